The fourth-order valence-corrected chi connectivity index (χ4v) is 1.90. The predicted octanol–water partition coefficient (Wildman–Crippen LogP) is 3.33. The SMILES string of the molecule is CCCCOCCOC(CC)C(O)c1ccccc1. The normalized spacial score (nSPS) is 14.3. The molecule has 0 saturated carbocycles. The lowest BCUT2D eigenvalue weighted by Crippen LogP contribution is -2.23. The van der Waals surface area contributed by atoms with E-state index in [1.807, 2.05) is 37.3 Å². The van der Waals surface area contributed by atoms with Gasteiger partial charge in [0, 0.05) is 6.61 Å². The van der Waals surface area contributed by atoms with Crippen LogP contribution in [0, 0.1) is 0 Å². The van der Waals surface area contributed by atoms with Gasteiger partial charge in [-0.25, -0.2) is 0 Å². The number of hydrogen-bond acceptors (Lipinski definition) is 3. The number of rotatable bonds is 10. The second kappa shape index (κ2) is 9.96. The first kappa shape index (κ1) is 16.2. The lowest BCUT2D eigenvalue weighted by Gasteiger charge is -2.22. The Balaban J connectivity index is 2.29. The van der Waals surface area contributed by atoms with Crippen LogP contribution in [0.1, 0.15) is 44.8 Å². The van der Waals surface area contributed by atoms with Crippen LogP contribution in [-0.4, -0.2) is 31.0 Å². The van der Waals surface area contributed by atoms with Crippen LogP contribution in [0.25, 0.3) is 0 Å². The van der Waals surface area contributed by atoms with Gasteiger partial charge in [0.2, 0.25) is 0 Å². The van der Waals surface area contributed by atoms with E-state index in [1.54, 1.807) is 0 Å². The van der Waals surface area contributed by atoms with Gasteiger partial charge in [-0.1, -0.05) is 50.6 Å². The monoisotopic (exact) mass is 266 g/mol. The molecule has 1 N–H and O–H groups in total. The minimum absolute atomic E-state index is 0.169. The summed E-state index contributed by atoms with van der Waals surface area (Å²) in [5.41, 5.74) is 0.904. The summed E-state index contributed by atoms with van der Waals surface area (Å²) in [5, 5.41) is 10.3. The maximum Gasteiger partial charge on any atom is 0.105 e. The van der Waals surface area contributed by atoms with E-state index in [4.69, 9.17) is 9.47 Å². The van der Waals surface area contributed by atoms with E-state index in [0.717, 1.165) is 31.4 Å². The van der Waals surface area contributed by atoms with Crippen molar-refractivity contribution in [2.75, 3.05) is 19.8 Å². The Morgan fingerprint density at radius 1 is 1.05 bits per heavy atom. The summed E-state index contributed by atoms with van der Waals surface area (Å²) in [6, 6.07) is 9.65. The van der Waals surface area contributed by atoms with Gasteiger partial charge in [0.1, 0.15) is 6.10 Å². The standard InChI is InChI=1S/C16H26O3/c1-3-5-11-18-12-13-19-15(4-2)16(17)14-9-7-6-8-10-14/h6-10,15-17H,3-5,11-13H2,1-2H3. The molecule has 0 heterocycles. The largest absolute Gasteiger partial charge is 0.386 e. The molecule has 19 heavy (non-hydrogen) atoms. The zero-order chi connectivity index (χ0) is 13.9. The minimum Gasteiger partial charge on any atom is -0.386 e. The van der Waals surface area contributed by atoms with Crippen LogP contribution in [0.15, 0.2) is 30.3 Å². The summed E-state index contributed by atoms with van der Waals surface area (Å²) >= 11 is 0. The van der Waals surface area contributed by atoms with E-state index in [0.29, 0.717) is 13.2 Å². The van der Waals surface area contributed by atoms with Crippen LogP contribution in [0.3, 0.4) is 0 Å². The average molecular weight is 266 g/mol. The minimum atomic E-state index is -0.568. The first-order chi connectivity index (χ1) is 9.29. The summed E-state index contributed by atoms with van der Waals surface area (Å²) in [7, 11) is 0. The van der Waals surface area contributed by atoms with Gasteiger partial charge in [0.25, 0.3) is 0 Å². The summed E-state index contributed by atoms with van der Waals surface area (Å²) in [4.78, 5) is 0. The molecule has 3 nitrogen and oxygen atoms in total. The van der Waals surface area contributed by atoms with Crippen molar-refractivity contribution in [2.24, 2.45) is 0 Å². The number of aliphatic hydroxyl groups is 1. The van der Waals surface area contributed by atoms with E-state index in [9.17, 15) is 5.11 Å². The lowest BCUT2D eigenvalue weighted by molar-refractivity contribution is -0.0589. The van der Waals surface area contributed by atoms with Crippen molar-refractivity contribution in [3.8, 4) is 0 Å². The highest BCUT2D eigenvalue weighted by Crippen LogP contribution is 2.21. The maximum absolute atomic E-state index is 10.3. The van der Waals surface area contributed by atoms with Crippen LogP contribution >= 0.6 is 0 Å². The molecule has 2 atom stereocenters. The molecule has 1 rings (SSSR count). The van der Waals surface area contributed by atoms with Gasteiger partial charge in [-0.05, 0) is 18.4 Å². The third-order valence-corrected chi connectivity index (χ3v) is 3.10. The molecule has 0 radical (unpaired) electrons. The van der Waals surface area contributed by atoms with Crippen molar-refractivity contribution in [3.05, 3.63) is 35.9 Å². The molecule has 0 saturated heterocycles. The third-order valence-electron chi connectivity index (χ3n) is 3.10. The molecule has 0 bridgehead atoms. The van der Waals surface area contributed by atoms with E-state index in [1.165, 1.54) is 0 Å². The molecule has 1 aromatic rings. The van der Waals surface area contributed by atoms with Crippen molar-refractivity contribution in [3.63, 3.8) is 0 Å². The predicted molar refractivity (Wildman–Crippen MR) is 77.2 cm³/mol. The highest BCUT2D eigenvalue weighted by molar-refractivity contribution is 5.18. The van der Waals surface area contributed by atoms with Crippen molar-refractivity contribution in [2.45, 2.75) is 45.3 Å². The highest BCUT2D eigenvalue weighted by atomic mass is 16.5. The van der Waals surface area contributed by atoms with E-state index in [2.05, 4.69) is 6.92 Å². The van der Waals surface area contributed by atoms with Gasteiger partial charge in [0.15, 0.2) is 0 Å². The van der Waals surface area contributed by atoms with E-state index >= 15 is 0 Å². The van der Waals surface area contributed by atoms with Crippen LogP contribution in [0.2, 0.25) is 0 Å². The summed E-state index contributed by atoms with van der Waals surface area (Å²) in [5.74, 6) is 0. The van der Waals surface area contributed by atoms with Gasteiger partial charge < -0.3 is 14.6 Å². The molecular weight excluding hydrogens is 240 g/mol. The van der Waals surface area contributed by atoms with Gasteiger partial charge in [-0.15, -0.1) is 0 Å². The molecule has 2 unspecified atom stereocenters. The Bertz CT molecular complexity index is 313. The van der Waals surface area contributed by atoms with Crippen molar-refractivity contribution in [1.82, 2.24) is 0 Å². The smallest absolute Gasteiger partial charge is 0.105 e. The first-order valence-electron chi connectivity index (χ1n) is 7.22. The van der Waals surface area contributed by atoms with Gasteiger partial charge in [-0.2, -0.15) is 0 Å². The average Bonchev–Trinajstić information content (AvgIpc) is 2.47. The highest BCUT2D eigenvalue weighted by Gasteiger charge is 2.19. The van der Waals surface area contributed by atoms with E-state index < -0.39 is 6.10 Å². The van der Waals surface area contributed by atoms with Crippen molar-refractivity contribution in [1.29, 1.82) is 0 Å². The maximum atomic E-state index is 10.3. The molecule has 108 valence electrons. The van der Waals surface area contributed by atoms with Crippen LogP contribution in [-0.2, 0) is 9.47 Å². The molecular formula is C16H26O3. The molecule has 0 aliphatic rings. The molecule has 0 spiro atoms. The fraction of sp³-hybridized carbons (Fsp3) is 0.625. The summed E-state index contributed by atoms with van der Waals surface area (Å²) in [6.07, 6.45) is 2.28. The van der Waals surface area contributed by atoms with Gasteiger partial charge in [-0.3, -0.25) is 0 Å². The molecule has 0 aromatic heterocycles. The second-order valence-electron chi connectivity index (χ2n) is 4.64. The number of aliphatic hydroxyl groups excluding tert-OH is 1. The van der Waals surface area contributed by atoms with Gasteiger partial charge in [0.05, 0.1) is 19.3 Å². The van der Waals surface area contributed by atoms with Crippen LogP contribution < -0.4 is 0 Å². The Hall–Kier alpha value is -0.900. The Morgan fingerprint density at radius 2 is 1.79 bits per heavy atom. The van der Waals surface area contributed by atoms with Gasteiger partial charge >= 0.3 is 0 Å². The van der Waals surface area contributed by atoms with Crippen LogP contribution in [0.4, 0.5) is 0 Å². The topological polar surface area (TPSA) is 38.7 Å². The number of hydrogen-bond donors (Lipinski definition) is 1. The molecule has 0 fully saturated rings. The molecule has 1 aromatic carbocycles. The Morgan fingerprint density at radius 3 is 2.42 bits per heavy atom. The molecule has 0 amide bonds. The Kier molecular flexibility index (Phi) is 8.47. The van der Waals surface area contributed by atoms with Crippen molar-refractivity contribution >= 4 is 0 Å². The number of unbranched alkanes of at least 4 members (excludes halogenated alkanes) is 1. The quantitative estimate of drug-likeness (QED) is 0.660. The zero-order valence-electron chi connectivity index (χ0n) is 12.0. The number of ether oxygens (including phenoxy) is 2. The molecule has 0 aliphatic heterocycles. The van der Waals surface area contributed by atoms with Crippen LogP contribution in [0.5, 0.6) is 0 Å². The molecule has 0 aliphatic carbocycles. The Labute approximate surface area is 116 Å². The summed E-state index contributed by atoms with van der Waals surface area (Å²) in [6.45, 7) is 6.08. The van der Waals surface area contributed by atoms with E-state index in [-0.39, 0.29) is 6.10 Å². The zero-order valence-corrected chi connectivity index (χ0v) is 12.0. The number of benzene rings is 1. The lowest BCUT2D eigenvalue weighted by atomic mass is 10.0. The summed E-state index contributed by atoms with van der Waals surface area (Å²) < 4.78 is 11.2. The third kappa shape index (κ3) is 6.19. The fourth-order valence-electron chi connectivity index (χ4n) is 1.90. The molecule has 3 heteroatoms. The second-order valence-corrected chi connectivity index (χ2v) is 4.64. The van der Waals surface area contributed by atoms with Crippen molar-refractivity contribution < 1.29 is 14.6 Å². The first-order valence-corrected chi connectivity index (χ1v) is 7.22.